The number of carbonyl (C=O) groups excluding carboxylic acids is 2. The molecule has 0 unspecified atom stereocenters. The molecular formula is C19H24N4O2S. The summed E-state index contributed by atoms with van der Waals surface area (Å²) in [6.45, 7) is 2.51. The summed E-state index contributed by atoms with van der Waals surface area (Å²) in [6.07, 6.45) is 5.13. The van der Waals surface area contributed by atoms with Gasteiger partial charge in [0.1, 0.15) is 0 Å². The van der Waals surface area contributed by atoms with Crippen LogP contribution in [0.1, 0.15) is 37.6 Å². The number of aryl methyl sites for hydroxylation is 1. The number of rotatable bonds is 6. The molecule has 7 heteroatoms. The Morgan fingerprint density at radius 2 is 1.96 bits per heavy atom. The highest BCUT2D eigenvalue weighted by Crippen LogP contribution is 2.30. The average Bonchev–Trinajstić information content (AvgIpc) is 3.04. The first-order chi connectivity index (χ1) is 12.7. The van der Waals surface area contributed by atoms with Gasteiger partial charge in [-0.1, -0.05) is 36.9 Å². The number of imide groups is 1. The van der Waals surface area contributed by atoms with Crippen molar-refractivity contribution in [3.8, 4) is 5.69 Å². The lowest BCUT2D eigenvalue weighted by atomic mass is 10.0. The number of urea groups is 1. The van der Waals surface area contributed by atoms with Crippen LogP contribution in [-0.4, -0.2) is 33.8 Å². The highest BCUT2D eigenvalue weighted by molar-refractivity contribution is 7.99. The van der Waals surface area contributed by atoms with E-state index in [-0.39, 0.29) is 11.7 Å². The van der Waals surface area contributed by atoms with Gasteiger partial charge in [-0.2, -0.15) is 0 Å². The molecule has 1 aromatic heterocycles. The lowest BCUT2D eigenvalue weighted by Gasteiger charge is -2.15. The van der Waals surface area contributed by atoms with Crippen LogP contribution in [0.2, 0.25) is 0 Å². The van der Waals surface area contributed by atoms with Crippen molar-refractivity contribution >= 4 is 23.7 Å². The molecule has 3 amide bonds. The molecule has 2 aromatic rings. The Bertz CT molecular complexity index is 773. The SMILES string of the molecule is CCCNC(=O)NC(=O)CSc1nc2c(n1-c1ccccc1)CCCC2. The summed E-state index contributed by atoms with van der Waals surface area (Å²) in [6, 6.07) is 9.66. The number of hydrogen-bond acceptors (Lipinski definition) is 4. The van der Waals surface area contributed by atoms with E-state index in [4.69, 9.17) is 4.98 Å². The van der Waals surface area contributed by atoms with E-state index in [1.807, 2.05) is 25.1 Å². The largest absolute Gasteiger partial charge is 0.338 e. The van der Waals surface area contributed by atoms with Gasteiger partial charge >= 0.3 is 6.03 Å². The van der Waals surface area contributed by atoms with Gasteiger partial charge in [0.15, 0.2) is 5.16 Å². The maximum Gasteiger partial charge on any atom is 0.321 e. The number of aromatic nitrogens is 2. The maximum absolute atomic E-state index is 12.1. The van der Waals surface area contributed by atoms with Crippen molar-refractivity contribution in [3.63, 3.8) is 0 Å². The topological polar surface area (TPSA) is 76.0 Å². The Labute approximate surface area is 157 Å². The summed E-state index contributed by atoms with van der Waals surface area (Å²) in [5, 5.41) is 5.81. The molecule has 0 fully saturated rings. The predicted octanol–water partition coefficient (Wildman–Crippen LogP) is 3.08. The molecule has 0 saturated carbocycles. The molecule has 0 radical (unpaired) electrons. The highest BCUT2D eigenvalue weighted by atomic mass is 32.2. The van der Waals surface area contributed by atoms with Crippen molar-refractivity contribution < 1.29 is 9.59 Å². The zero-order valence-corrected chi connectivity index (χ0v) is 15.8. The van der Waals surface area contributed by atoms with Crippen LogP contribution in [0.25, 0.3) is 5.69 Å². The number of amides is 3. The normalized spacial score (nSPS) is 13.1. The monoisotopic (exact) mass is 372 g/mol. The van der Waals surface area contributed by atoms with Crippen LogP contribution >= 0.6 is 11.8 Å². The Balaban J connectivity index is 1.73. The van der Waals surface area contributed by atoms with E-state index in [0.29, 0.717) is 6.54 Å². The molecule has 6 nitrogen and oxygen atoms in total. The minimum absolute atomic E-state index is 0.155. The van der Waals surface area contributed by atoms with Gasteiger partial charge in [0.25, 0.3) is 0 Å². The minimum Gasteiger partial charge on any atom is -0.338 e. The average molecular weight is 372 g/mol. The molecule has 26 heavy (non-hydrogen) atoms. The van der Waals surface area contributed by atoms with Crippen LogP contribution in [0.15, 0.2) is 35.5 Å². The maximum atomic E-state index is 12.1. The Kier molecular flexibility index (Phi) is 6.33. The van der Waals surface area contributed by atoms with Gasteiger partial charge in [0.2, 0.25) is 5.91 Å². The molecule has 0 saturated heterocycles. The second kappa shape index (κ2) is 8.89. The number of nitrogens with zero attached hydrogens (tertiary/aromatic N) is 2. The third kappa shape index (κ3) is 4.46. The smallest absolute Gasteiger partial charge is 0.321 e. The van der Waals surface area contributed by atoms with Crippen LogP contribution < -0.4 is 10.6 Å². The minimum atomic E-state index is -0.442. The Morgan fingerprint density at radius 3 is 2.73 bits per heavy atom. The van der Waals surface area contributed by atoms with Gasteiger partial charge < -0.3 is 5.32 Å². The predicted molar refractivity (Wildman–Crippen MR) is 103 cm³/mol. The van der Waals surface area contributed by atoms with Crippen LogP contribution in [0.4, 0.5) is 4.79 Å². The van der Waals surface area contributed by atoms with E-state index in [0.717, 1.165) is 48.6 Å². The van der Waals surface area contributed by atoms with Gasteiger partial charge in [-0.25, -0.2) is 9.78 Å². The van der Waals surface area contributed by atoms with Crippen molar-refractivity contribution in [2.45, 2.75) is 44.2 Å². The van der Waals surface area contributed by atoms with Crippen LogP contribution in [0.5, 0.6) is 0 Å². The van der Waals surface area contributed by atoms with E-state index in [1.54, 1.807) is 0 Å². The van der Waals surface area contributed by atoms with Gasteiger partial charge in [-0.15, -0.1) is 0 Å². The molecule has 3 rings (SSSR count). The van der Waals surface area contributed by atoms with E-state index in [9.17, 15) is 9.59 Å². The number of thioether (sulfide) groups is 1. The third-order valence-corrected chi connectivity index (χ3v) is 5.18. The number of carbonyl (C=O) groups is 2. The summed E-state index contributed by atoms with van der Waals surface area (Å²) in [5.74, 6) is -0.161. The summed E-state index contributed by atoms with van der Waals surface area (Å²) >= 11 is 1.37. The molecule has 138 valence electrons. The van der Waals surface area contributed by atoms with Gasteiger partial charge in [-0.05, 0) is 44.2 Å². The third-order valence-electron chi connectivity index (χ3n) is 4.24. The van der Waals surface area contributed by atoms with E-state index < -0.39 is 6.03 Å². The number of fused-ring (bicyclic) bond motifs is 1. The summed E-state index contributed by atoms with van der Waals surface area (Å²) < 4.78 is 2.16. The lowest BCUT2D eigenvalue weighted by molar-refractivity contribution is -0.117. The van der Waals surface area contributed by atoms with E-state index in [2.05, 4.69) is 27.3 Å². The molecule has 1 aromatic carbocycles. The first-order valence-corrected chi connectivity index (χ1v) is 10.0. The van der Waals surface area contributed by atoms with Crippen LogP contribution in [0.3, 0.4) is 0 Å². The van der Waals surface area contributed by atoms with Gasteiger partial charge in [-0.3, -0.25) is 14.7 Å². The van der Waals surface area contributed by atoms with Crippen LogP contribution in [-0.2, 0) is 17.6 Å². The van der Waals surface area contributed by atoms with Crippen molar-refractivity contribution in [1.29, 1.82) is 0 Å². The van der Waals surface area contributed by atoms with E-state index in [1.165, 1.54) is 17.5 Å². The summed E-state index contributed by atoms with van der Waals surface area (Å²) in [7, 11) is 0. The van der Waals surface area contributed by atoms with Crippen molar-refractivity contribution in [1.82, 2.24) is 20.2 Å². The zero-order chi connectivity index (χ0) is 18.4. The second-order valence-electron chi connectivity index (χ2n) is 6.26. The lowest BCUT2D eigenvalue weighted by Crippen LogP contribution is -2.40. The fraction of sp³-hybridized carbons (Fsp3) is 0.421. The summed E-state index contributed by atoms with van der Waals surface area (Å²) in [4.78, 5) is 28.4. The molecule has 2 N–H and O–H groups in total. The molecule has 0 aliphatic heterocycles. The summed E-state index contributed by atoms with van der Waals surface area (Å²) in [5.41, 5.74) is 3.43. The van der Waals surface area contributed by atoms with Crippen molar-refractivity contribution in [2.75, 3.05) is 12.3 Å². The molecule has 0 bridgehead atoms. The molecule has 1 aliphatic rings. The Hall–Kier alpha value is -2.28. The number of hydrogen-bond donors (Lipinski definition) is 2. The second-order valence-corrected chi connectivity index (χ2v) is 7.20. The molecule has 0 atom stereocenters. The van der Waals surface area contributed by atoms with Crippen molar-refractivity contribution in [2.24, 2.45) is 0 Å². The quantitative estimate of drug-likeness (QED) is 0.764. The van der Waals surface area contributed by atoms with Crippen LogP contribution in [0, 0.1) is 0 Å². The highest BCUT2D eigenvalue weighted by Gasteiger charge is 2.22. The molecular weight excluding hydrogens is 348 g/mol. The number of benzene rings is 1. The molecule has 1 heterocycles. The molecule has 1 aliphatic carbocycles. The van der Waals surface area contributed by atoms with Gasteiger partial charge in [0.05, 0.1) is 11.4 Å². The van der Waals surface area contributed by atoms with E-state index >= 15 is 0 Å². The Morgan fingerprint density at radius 1 is 1.19 bits per heavy atom. The molecule has 0 spiro atoms. The van der Waals surface area contributed by atoms with Crippen molar-refractivity contribution in [3.05, 3.63) is 41.7 Å². The fourth-order valence-corrected chi connectivity index (χ4v) is 3.88. The first-order valence-electron chi connectivity index (χ1n) is 9.05. The number of para-hydroxylation sites is 1. The zero-order valence-electron chi connectivity index (χ0n) is 15.0. The number of imidazole rings is 1. The van der Waals surface area contributed by atoms with Gasteiger partial charge in [0, 0.05) is 17.9 Å². The standard InChI is InChI=1S/C19H24N4O2S/c1-2-12-20-18(25)22-17(24)13-26-19-21-15-10-6-7-11-16(15)23(19)14-8-4-3-5-9-14/h3-5,8-9H,2,6-7,10-13H2,1H3,(H2,20,22,24,25). The fourth-order valence-electron chi connectivity index (χ4n) is 3.03. The first kappa shape index (κ1) is 18.5. The number of nitrogens with one attached hydrogen (secondary N) is 2.